The van der Waals surface area contributed by atoms with E-state index in [1.807, 2.05) is 42.7 Å². The summed E-state index contributed by atoms with van der Waals surface area (Å²) in [4.78, 5) is 1.20. The molecule has 0 spiro atoms. The van der Waals surface area contributed by atoms with Crippen LogP contribution in [0, 0.1) is 0 Å². The highest BCUT2D eigenvalue weighted by molar-refractivity contribution is 8.02. The van der Waals surface area contributed by atoms with Crippen molar-refractivity contribution in [2.24, 2.45) is 0 Å². The lowest BCUT2D eigenvalue weighted by atomic mass is 10.4. The van der Waals surface area contributed by atoms with Crippen LogP contribution in [0.4, 0.5) is 0 Å². The third-order valence-corrected chi connectivity index (χ3v) is 2.45. The summed E-state index contributed by atoms with van der Waals surface area (Å²) in [5.74, 6) is 0. The molecule has 0 radical (unpaired) electrons. The third-order valence-electron chi connectivity index (χ3n) is 1.39. The molecule has 1 aromatic rings. The summed E-state index contributed by atoms with van der Waals surface area (Å²) >= 11 is 1.63. The number of benzene rings is 1. The van der Waals surface area contributed by atoms with Crippen LogP contribution in [0.1, 0.15) is 6.92 Å². The molecule has 0 aliphatic rings. The Kier molecular flexibility index (Phi) is 3.91. The van der Waals surface area contributed by atoms with Crippen molar-refractivity contribution in [1.29, 1.82) is 0 Å². The molecule has 0 saturated heterocycles. The Labute approximate surface area is 77.1 Å². The molecule has 0 unspecified atom stereocenters. The molecule has 0 aliphatic heterocycles. The molecule has 2 heteroatoms. The second-order valence-corrected chi connectivity index (χ2v) is 3.50. The van der Waals surface area contributed by atoms with Gasteiger partial charge in [-0.2, -0.15) is 0 Å². The van der Waals surface area contributed by atoms with E-state index in [9.17, 15) is 0 Å². The number of hydrogen-bond acceptors (Lipinski definition) is 2. The molecule has 1 nitrogen and oxygen atoms in total. The standard InChI is InChI=1S/C10H12OS/c1-9(7-11)8-12-10-5-3-2-4-6-10/h2-6,8,11H,7H2,1H3/b9-8+. The van der Waals surface area contributed by atoms with E-state index in [-0.39, 0.29) is 6.61 Å². The molecule has 12 heavy (non-hydrogen) atoms. The van der Waals surface area contributed by atoms with Crippen molar-refractivity contribution in [3.63, 3.8) is 0 Å². The number of thioether (sulfide) groups is 1. The van der Waals surface area contributed by atoms with Crippen molar-refractivity contribution in [2.45, 2.75) is 11.8 Å². The van der Waals surface area contributed by atoms with Gasteiger partial charge in [0.2, 0.25) is 0 Å². The van der Waals surface area contributed by atoms with Gasteiger partial charge in [0.15, 0.2) is 0 Å². The topological polar surface area (TPSA) is 20.2 Å². The minimum absolute atomic E-state index is 0.139. The molecule has 1 rings (SSSR count). The Hall–Kier alpha value is -0.730. The first-order valence-corrected chi connectivity index (χ1v) is 4.69. The minimum Gasteiger partial charge on any atom is -0.392 e. The molecule has 0 heterocycles. The molecule has 0 aromatic heterocycles. The molecule has 0 aliphatic carbocycles. The number of rotatable bonds is 3. The van der Waals surface area contributed by atoms with Crippen molar-refractivity contribution in [3.05, 3.63) is 41.3 Å². The van der Waals surface area contributed by atoms with Gasteiger partial charge in [-0.15, -0.1) is 0 Å². The van der Waals surface area contributed by atoms with Crippen LogP contribution >= 0.6 is 11.8 Å². The Morgan fingerprint density at radius 3 is 2.67 bits per heavy atom. The van der Waals surface area contributed by atoms with E-state index in [0.29, 0.717) is 0 Å². The first kappa shape index (κ1) is 9.36. The third kappa shape index (κ3) is 3.11. The van der Waals surface area contributed by atoms with E-state index >= 15 is 0 Å². The second-order valence-electron chi connectivity index (χ2n) is 2.55. The molecule has 1 N–H and O–H groups in total. The monoisotopic (exact) mass is 180 g/mol. The van der Waals surface area contributed by atoms with Crippen LogP contribution in [-0.2, 0) is 0 Å². The normalized spacial score (nSPS) is 11.7. The van der Waals surface area contributed by atoms with Crippen LogP contribution in [0.2, 0.25) is 0 Å². The van der Waals surface area contributed by atoms with Gasteiger partial charge in [0.1, 0.15) is 0 Å². The Morgan fingerprint density at radius 1 is 1.42 bits per heavy atom. The van der Waals surface area contributed by atoms with Crippen LogP contribution in [0.3, 0.4) is 0 Å². The van der Waals surface area contributed by atoms with Gasteiger partial charge in [-0.25, -0.2) is 0 Å². The van der Waals surface area contributed by atoms with E-state index in [0.717, 1.165) is 5.57 Å². The fourth-order valence-electron chi connectivity index (χ4n) is 0.705. The predicted molar refractivity (Wildman–Crippen MR) is 53.1 cm³/mol. The molecule has 64 valence electrons. The van der Waals surface area contributed by atoms with Crippen LogP contribution in [0.25, 0.3) is 0 Å². The first-order chi connectivity index (χ1) is 5.83. The SMILES string of the molecule is C/C(=C\Sc1ccccc1)CO. The summed E-state index contributed by atoms with van der Waals surface area (Å²) < 4.78 is 0. The molecule has 0 atom stereocenters. The smallest absolute Gasteiger partial charge is 0.0647 e. The average molecular weight is 180 g/mol. The van der Waals surface area contributed by atoms with Crippen LogP contribution in [0.5, 0.6) is 0 Å². The predicted octanol–water partition coefficient (Wildman–Crippen LogP) is 2.67. The zero-order valence-corrected chi connectivity index (χ0v) is 7.84. The maximum absolute atomic E-state index is 8.73. The highest BCUT2D eigenvalue weighted by atomic mass is 32.2. The fraction of sp³-hybridized carbons (Fsp3) is 0.200. The Bertz CT molecular complexity index is 254. The summed E-state index contributed by atoms with van der Waals surface area (Å²) in [6, 6.07) is 10.1. The highest BCUT2D eigenvalue weighted by Crippen LogP contribution is 2.19. The molecular weight excluding hydrogens is 168 g/mol. The maximum Gasteiger partial charge on any atom is 0.0647 e. The lowest BCUT2D eigenvalue weighted by Crippen LogP contribution is -1.80. The summed E-state index contributed by atoms with van der Waals surface area (Å²) in [7, 11) is 0. The van der Waals surface area contributed by atoms with Gasteiger partial charge in [0, 0.05) is 4.90 Å². The average Bonchev–Trinajstić information content (AvgIpc) is 2.16. The quantitative estimate of drug-likeness (QED) is 0.722. The maximum atomic E-state index is 8.73. The van der Waals surface area contributed by atoms with E-state index in [2.05, 4.69) is 0 Å². The largest absolute Gasteiger partial charge is 0.392 e. The van der Waals surface area contributed by atoms with Crippen molar-refractivity contribution in [3.8, 4) is 0 Å². The van der Waals surface area contributed by atoms with Gasteiger partial charge in [-0.05, 0) is 30.0 Å². The van der Waals surface area contributed by atoms with E-state index in [1.54, 1.807) is 11.8 Å². The van der Waals surface area contributed by atoms with E-state index < -0.39 is 0 Å². The molecule has 0 fully saturated rings. The van der Waals surface area contributed by atoms with Gasteiger partial charge in [0.05, 0.1) is 6.61 Å². The molecule has 1 aromatic carbocycles. The summed E-state index contributed by atoms with van der Waals surface area (Å²) in [5, 5.41) is 10.7. The van der Waals surface area contributed by atoms with E-state index in [4.69, 9.17) is 5.11 Å². The summed E-state index contributed by atoms with van der Waals surface area (Å²) in [5.41, 5.74) is 0.990. The Morgan fingerprint density at radius 2 is 2.08 bits per heavy atom. The second kappa shape index (κ2) is 5.01. The molecule has 0 saturated carbocycles. The van der Waals surface area contributed by atoms with Crippen molar-refractivity contribution < 1.29 is 5.11 Å². The Balaban J connectivity index is 2.54. The van der Waals surface area contributed by atoms with E-state index in [1.165, 1.54) is 4.90 Å². The lowest BCUT2D eigenvalue weighted by Gasteiger charge is -1.96. The number of aliphatic hydroxyl groups excluding tert-OH is 1. The van der Waals surface area contributed by atoms with Gasteiger partial charge in [0.25, 0.3) is 0 Å². The van der Waals surface area contributed by atoms with Gasteiger partial charge in [-0.3, -0.25) is 0 Å². The summed E-state index contributed by atoms with van der Waals surface area (Å²) in [6.45, 7) is 2.05. The lowest BCUT2D eigenvalue weighted by molar-refractivity contribution is 0.332. The fourth-order valence-corrected chi connectivity index (χ4v) is 1.43. The van der Waals surface area contributed by atoms with Crippen molar-refractivity contribution in [2.75, 3.05) is 6.61 Å². The number of hydrogen-bond donors (Lipinski definition) is 1. The van der Waals surface area contributed by atoms with Gasteiger partial charge in [-0.1, -0.05) is 30.0 Å². The molecule has 0 bridgehead atoms. The zero-order valence-electron chi connectivity index (χ0n) is 7.03. The first-order valence-electron chi connectivity index (χ1n) is 3.81. The molecular formula is C10H12OS. The minimum atomic E-state index is 0.139. The van der Waals surface area contributed by atoms with Crippen LogP contribution < -0.4 is 0 Å². The molecule has 0 amide bonds. The van der Waals surface area contributed by atoms with Crippen LogP contribution in [-0.4, -0.2) is 11.7 Å². The van der Waals surface area contributed by atoms with Gasteiger partial charge >= 0.3 is 0 Å². The summed E-state index contributed by atoms with van der Waals surface area (Å²) in [6.07, 6.45) is 0. The van der Waals surface area contributed by atoms with Crippen molar-refractivity contribution >= 4 is 11.8 Å². The van der Waals surface area contributed by atoms with Crippen LogP contribution in [0.15, 0.2) is 46.2 Å². The highest BCUT2D eigenvalue weighted by Gasteiger charge is 1.88. The van der Waals surface area contributed by atoms with Crippen molar-refractivity contribution in [1.82, 2.24) is 0 Å². The number of aliphatic hydroxyl groups is 1. The van der Waals surface area contributed by atoms with Gasteiger partial charge < -0.3 is 5.11 Å². The zero-order chi connectivity index (χ0) is 8.81.